The Bertz CT molecular complexity index is 482. The second kappa shape index (κ2) is 7.04. The molecular weight excluding hydrogens is 252 g/mol. The van der Waals surface area contributed by atoms with Crippen molar-refractivity contribution in [3.63, 3.8) is 0 Å². The lowest BCUT2D eigenvalue weighted by Crippen LogP contribution is -2.52. The van der Waals surface area contributed by atoms with Gasteiger partial charge in [-0.05, 0) is 19.1 Å². The van der Waals surface area contributed by atoms with Gasteiger partial charge in [0, 0.05) is 31.4 Å². The van der Waals surface area contributed by atoms with Gasteiger partial charge in [-0.15, -0.1) is 0 Å². The molecular formula is C15H20N4O. The molecule has 1 amide bonds. The Morgan fingerprint density at radius 1 is 1.50 bits per heavy atom. The zero-order chi connectivity index (χ0) is 14.4. The summed E-state index contributed by atoms with van der Waals surface area (Å²) in [6.45, 7) is 5.19. The number of rotatable bonds is 4. The lowest BCUT2D eigenvalue weighted by Gasteiger charge is -2.32. The maximum atomic E-state index is 12.4. The molecule has 1 atom stereocenters. The number of carbonyl (C=O) groups is 1. The van der Waals surface area contributed by atoms with Crippen molar-refractivity contribution in [1.82, 2.24) is 10.2 Å². The van der Waals surface area contributed by atoms with Crippen LogP contribution in [0.3, 0.4) is 0 Å². The lowest BCUT2D eigenvalue weighted by molar-refractivity contribution is -0.119. The monoisotopic (exact) mass is 272 g/mol. The first-order chi connectivity index (χ1) is 9.70. The molecule has 106 valence electrons. The van der Waals surface area contributed by atoms with Crippen molar-refractivity contribution in [2.45, 2.75) is 13.0 Å². The normalized spacial score (nSPS) is 19.3. The van der Waals surface area contributed by atoms with Crippen LogP contribution >= 0.6 is 0 Å². The predicted octanol–water partition coefficient (Wildman–Crippen LogP) is 0.837. The highest BCUT2D eigenvalue weighted by Gasteiger charge is 2.22. The summed E-state index contributed by atoms with van der Waals surface area (Å²) in [5.41, 5.74) is 0.780. The molecule has 0 radical (unpaired) electrons. The van der Waals surface area contributed by atoms with Crippen LogP contribution in [0.25, 0.3) is 0 Å². The van der Waals surface area contributed by atoms with Crippen molar-refractivity contribution in [3.05, 3.63) is 30.3 Å². The molecule has 1 aliphatic heterocycles. The Morgan fingerprint density at radius 2 is 2.25 bits per heavy atom. The van der Waals surface area contributed by atoms with Gasteiger partial charge in [0.25, 0.3) is 0 Å². The highest BCUT2D eigenvalue weighted by molar-refractivity contribution is 5.95. The van der Waals surface area contributed by atoms with E-state index in [1.165, 1.54) is 0 Å². The third-order valence-electron chi connectivity index (χ3n) is 3.41. The van der Waals surface area contributed by atoms with Gasteiger partial charge in [0.1, 0.15) is 6.54 Å². The van der Waals surface area contributed by atoms with E-state index < -0.39 is 0 Å². The summed E-state index contributed by atoms with van der Waals surface area (Å²) in [6, 6.07) is 11.8. The Hall–Kier alpha value is -1.90. The number of hydrogen-bond donors (Lipinski definition) is 1. The van der Waals surface area contributed by atoms with E-state index in [2.05, 4.69) is 23.2 Å². The molecule has 0 spiro atoms. The van der Waals surface area contributed by atoms with Crippen LogP contribution < -0.4 is 10.2 Å². The lowest BCUT2D eigenvalue weighted by atomic mass is 10.2. The summed E-state index contributed by atoms with van der Waals surface area (Å²) in [5.74, 6) is -0.0214. The third kappa shape index (κ3) is 3.80. The van der Waals surface area contributed by atoms with Crippen LogP contribution in [0.4, 0.5) is 5.69 Å². The first-order valence-electron chi connectivity index (χ1n) is 6.89. The maximum Gasteiger partial charge on any atom is 0.242 e. The first kappa shape index (κ1) is 14.5. The van der Waals surface area contributed by atoms with Gasteiger partial charge < -0.3 is 5.32 Å². The predicted molar refractivity (Wildman–Crippen MR) is 78.3 cm³/mol. The number of anilines is 1. The molecule has 5 heteroatoms. The van der Waals surface area contributed by atoms with Crippen LogP contribution in [0.5, 0.6) is 0 Å². The van der Waals surface area contributed by atoms with Crippen LogP contribution in [0.15, 0.2) is 30.3 Å². The fourth-order valence-corrected chi connectivity index (χ4v) is 2.43. The Kier molecular flexibility index (Phi) is 5.10. The number of nitrogens with zero attached hydrogens (tertiary/aromatic N) is 3. The number of piperazine rings is 1. The van der Waals surface area contributed by atoms with Gasteiger partial charge in [-0.2, -0.15) is 5.26 Å². The molecule has 1 N–H and O–H groups in total. The Labute approximate surface area is 119 Å². The Balaban J connectivity index is 2.02. The quantitative estimate of drug-likeness (QED) is 0.825. The molecule has 1 fully saturated rings. The second-order valence-corrected chi connectivity index (χ2v) is 5.06. The minimum Gasteiger partial charge on any atom is -0.312 e. The summed E-state index contributed by atoms with van der Waals surface area (Å²) < 4.78 is 0. The second-order valence-electron chi connectivity index (χ2n) is 5.06. The summed E-state index contributed by atoms with van der Waals surface area (Å²) in [5, 5.41) is 12.3. The van der Waals surface area contributed by atoms with Gasteiger partial charge >= 0.3 is 0 Å². The van der Waals surface area contributed by atoms with E-state index in [1.807, 2.05) is 30.3 Å². The van der Waals surface area contributed by atoms with Gasteiger partial charge in [-0.1, -0.05) is 18.2 Å². The summed E-state index contributed by atoms with van der Waals surface area (Å²) >= 11 is 0. The fraction of sp³-hybridized carbons (Fsp3) is 0.467. The molecule has 0 saturated carbocycles. The molecule has 1 unspecified atom stereocenters. The number of amides is 1. The van der Waals surface area contributed by atoms with Gasteiger partial charge in [-0.25, -0.2) is 0 Å². The van der Waals surface area contributed by atoms with Crippen molar-refractivity contribution in [2.24, 2.45) is 0 Å². The first-order valence-corrected chi connectivity index (χ1v) is 6.89. The molecule has 1 aromatic carbocycles. The number of nitriles is 1. The van der Waals surface area contributed by atoms with Crippen LogP contribution in [0, 0.1) is 11.3 Å². The van der Waals surface area contributed by atoms with Gasteiger partial charge in [0.05, 0.1) is 12.6 Å². The van der Waals surface area contributed by atoms with E-state index in [-0.39, 0.29) is 12.5 Å². The van der Waals surface area contributed by atoms with Crippen molar-refractivity contribution in [1.29, 1.82) is 5.26 Å². The number of nitrogens with one attached hydrogen (secondary N) is 1. The fourth-order valence-electron chi connectivity index (χ4n) is 2.43. The van der Waals surface area contributed by atoms with E-state index in [1.54, 1.807) is 4.90 Å². The molecule has 5 nitrogen and oxygen atoms in total. The maximum absolute atomic E-state index is 12.4. The molecule has 1 aromatic rings. The smallest absolute Gasteiger partial charge is 0.242 e. The topological polar surface area (TPSA) is 59.4 Å². The summed E-state index contributed by atoms with van der Waals surface area (Å²) in [7, 11) is 0. The van der Waals surface area contributed by atoms with E-state index in [4.69, 9.17) is 5.26 Å². The molecule has 0 bridgehead atoms. The number of benzene rings is 1. The highest BCUT2D eigenvalue weighted by Crippen LogP contribution is 2.13. The van der Waals surface area contributed by atoms with Crippen molar-refractivity contribution in [3.8, 4) is 6.07 Å². The molecule has 0 aliphatic carbocycles. The number of hydrogen-bond acceptors (Lipinski definition) is 4. The zero-order valence-electron chi connectivity index (χ0n) is 11.7. The van der Waals surface area contributed by atoms with Crippen LogP contribution in [-0.4, -0.2) is 49.6 Å². The minimum absolute atomic E-state index is 0.0214. The molecule has 1 saturated heterocycles. The number of carbonyl (C=O) groups excluding carboxylic acids is 1. The average molecular weight is 272 g/mol. The standard InChI is InChI=1S/C15H20N4O/c1-13-11-18(10-8-17-13)12-15(20)19(9-7-16)14-5-3-2-4-6-14/h2-6,13,17H,8-12H2,1H3. The summed E-state index contributed by atoms with van der Waals surface area (Å²) in [6.07, 6.45) is 0. The van der Waals surface area contributed by atoms with Gasteiger partial charge in [0.2, 0.25) is 5.91 Å². The summed E-state index contributed by atoms with van der Waals surface area (Å²) in [4.78, 5) is 16.1. The highest BCUT2D eigenvalue weighted by atomic mass is 16.2. The molecule has 0 aromatic heterocycles. The molecule has 2 rings (SSSR count). The van der Waals surface area contributed by atoms with Gasteiger partial charge in [0.15, 0.2) is 0 Å². The SMILES string of the molecule is CC1CN(CC(=O)N(CC#N)c2ccccc2)CCN1. The van der Waals surface area contributed by atoms with Crippen molar-refractivity contribution < 1.29 is 4.79 Å². The Morgan fingerprint density at radius 3 is 2.90 bits per heavy atom. The largest absolute Gasteiger partial charge is 0.312 e. The average Bonchev–Trinajstić information content (AvgIpc) is 2.45. The van der Waals surface area contributed by atoms with E-state index in [0.29, 0.717) is 12.6 Å². The molecule has 1 heterocycles. The van der Waals surface area contributed by atoms with E-state index >= 15 is 0 Å². The van der Waals surface area contributed by atoms with Crippen LogP contribution in [0.2, 0.25) is 0 Å². The van der Waals surface area contributed by atoms with E-state index in [0.717, 1.165) is 25.3 Å². The third-order valence-corrected chi connectivity index (χ3v) is 3.41. The minimum atomic E-state index is -0.0214. The van der Waals surface area contributed by atoms with Gasteiger partial charge in [-0.3, -0.25) is 14.6 Å². The molecule has 1 aliphatic rings. The van der Waals surface area contributed by atoms with Crippen LogP contribution in [0.1, 0.15) is 6.92 Å². The van der Waals surface area contributed by atoms with Crippen molar-refractivity contribution in [2.75, 3.05) is 37.6 Å². The zero-order valence-corrected chi connectivity index (χ0v) is 11.7. The van der Waals surface area contributed by atoms with E-state index in [9.17, 15) is 4.79 Å². The van der Waals surface area contributed by atoms with Crippen LogP contribution in [-0.2, 0) is 4.79 Å². The molecule has 20 heavy (non-hydrogen) atoms. The number of para-hydroxylation sites is 1. The van der Waals surface area contributed by atoms with Crippen molar-refractivity contribution >= 4 is 11.6 Å².